The highest BCUT2D eigenvalue weighted by atomic mass is 16.6. The molecular weight excluding hydrogens is 296 g/mol. The van der Waals surface area contributed by atoms with Crippen LogP contribution in [0.15, 0.2) is 11.3 Å². The summed E-state index contributed by atoms with van der Waals surface area (Å²) in [4.78, 5) is 20.4. The van der Waals surface area contributed by atoms with Crippen LogP contribution in [0, 0.1) is 0 Å². The molecule has 2 aliphatic heterocycles. The van der Waals surface area contributed by atoms with Gasteiger partial charge in [0.2, 0.25) is 0 Å². The molecule has 0 aliphatic carbocycles. The minimum absolute atomic E-state index is 0.277. The van der Waals surface area contributed by atoms with E-state index in [1.807, 2.05) is 0 Å². The Morgan fingerprint density at radius 3 is 2.73 bits per heavy atom. The Labute approximate surface area is 124 Å². The van der Waals surface area contributed by atoms with Crippen molar-refractivity contribution in [3.8, 4) is 0 Å². The molecule has 1 saturated heterocycles. The van der Waals surface area contributed by atoms with Crippen molar-refractivity contribution in [2.45, 2.75) is 30.7 Å². The van der Waals surface area contributed by atoms with Gasteiger partial charge in [0.1, 0.15) is 36.5 Å². The Morgan fingerprint density at radius 2 is 2.14 bits per heavy atom. The number of aliphatic hydroxyl groups excluding tert-OH is 3. The van der Waals surface area contributed by atoms with Gasteiger partial charge in [0.15, 0.2) is 12.0 Å². The van der Waals surface area contributed by atoms with Crippen LogP contribution in [0.25, 0.3) is 0 Å². The van der Waals surface area contributed by atoms with Crippen molar-refractivity contribution in [3.63, 3.8) is 0 Å². The molecule has 11 nitrogen and oxygen atoms in total. The maximum Gasteiger partial charge on any atom is 0.321 e. The predicted octanol–water partition coefficient (Wildman–Crippen LogP) is -2.49. The Morgan fingerprint density at radius 1 is 1.41 bits per heavy atom. The first kappa shape index (κ1) is 14.9. The first-order valence-electron chi connectivity index (χ1n) is 6.52. The number of ether oxygens (including phenoxy) is 1. The maximum absolute atomic E-state index is 11.2. The molecule has 120 valence electrons. The molecule has 22 heavy (non-hydrogen) atoms. The van der Waals surface area contributed by atoms with Gasteiger partial charge in [0.25, 0.3) is 0 Å². The number of amides is 2. The van der Waals surface area contributed by atoms with E-state index in [0.29, 0.717) is 0 Å². The molecule has 2 aliphatic rings. The van der Waals surface area contributed by atoms with Crippen LogP contribution in [0.5, 0.6) is 0 Å². The van der Waals surface area contributed by atoms with Crippen LogP contribution in [0.4, 0.5) is 10.6 Å². The molecule has 11 heteroatoms. The number of hydrogen-bond donors (Lipinski definition) is 5. The SMILES string of the molecule is NC(=O)N1C=Nc2c(ncn2[C@@H]2O[C@H](CO)C(O)C2O)C1N. The van der Waals surface area contributed by atoms with Crippen molar-refractivity contribution < 1.29 is 24.9 Å². The molecule has 5 atom stereocenters. The number of aromatic nitrogens is 2. The van der Waals surface area contributed by atoms with Crippen molar-refractivity contribution in [1.29, 1.82) is 0 Å². The van der Waals surface area contributed by atoms with E-state index in [1.54, 1.807) is 0 Å². The van der Waals surface area contributed by atoms with Crippen molar-refractivity contribution in [2.24, 2.45) is 16.5 Å². The summed E-state index contributed by atoms with van der Waals surface area (Å²) in [5.74, 6) is 0.278. The molecule has 0 bridgehead atoms. The minimum Gasteiger partial charge on any atom is -0.394 e. The summed E-state index contributed by atoms with van der Waals surface area (Å²) in [7, 11) is 0. The summed E-state index contributed by atoms with van der Waals surface area (Å²) in [6.45, 7) is -0.441. The fourth-order valence-electron chi connectivity index (χ4n) is 2.52. The highest BCUT2D eigenvalue weighted by Crippen LogP contribution is 2.36. The number of nitrogens with zero attached hydrogens (tertiary/aromatic N) is 4. The lowest BCUT2D eigenvalue weighted by Gasteiger charge is -2.26. The largest absolute Gasteiger partial charge is 0.394 e. The fraction of sp³-hybridized carbons (Fsp3) is 0.545. The molecule has 3 heterocycles. The second-order valence-electron chi connectivity index (χ2n) is 5.02. The van der Waals surface area contributed by atoms with Crippen LogP contribution in [0.3, 0.4) is 0 Å². The lowest BCUT2D eigenvalue weighted by Crippen LogP contribution is -2.43. The quantitative estimate of drug-likeness (QED) is 0.401. The number of aliphatic imine (C=N–C) groups is 1. The normalized spacial score (nSPS) is 34.0. The van der Waals surface area contributed by atoms with E-state index in [4.69, 9.17) is 21.3 Å². The smallest absolute Gasteiger partial charge is 0.321 e. The van der Waals surface area contributed by atoms with Crippen LogP contribution < -0.4 is 11.5 Å². The summed E-state index contributed by atoms with van der Waals surface area (Å²) in [5, 5.41) is 28.9. The number of rotatable bonds is 2. The standard InChI is InChI=1S/C11H16N6O5/c12-8-5-9(15-3-16(8)11(13)21)17(2-14-5)10-7(20)6(19)4(1-18)22-10/h2-4,6-8,10,18-20H,1,12H2,(H2,13,21)/t4-,6?,7?,8?,10-/m1/s1. The number of primary amides is 1. The van der Waals surface area contributed by atoms with Gasteiger partial charge in [-0.3, -0.25) is 9.47 Å². The number of fused-ring (bicyclic) bond motifs is 1. The monoisotopic (exact) mass is 312 g/mol. The molecule has 2 amide bonds. The molecule has 0 aromatic carbocycles. The van der Waals surface area contributed by atoms with Crippen LogP contribution in [-0.2, 0) is 4.74 Å². The summed E-state index contributed by atoms with van der Waals surface area (Å²) >= 11 is 0. The maximum atomic E-state index is 11.2. The average molecular weight is 312 g/mol. The predicted molar refractivity (Wildman–Crippen MR) is 71.7 cm³/mol. The lowest BCUT2D eigenvalue weighted by atomic mass is 10.1. The van der Waals surface area contributed by atoms with Gasteiger partial charge >= 0.3 is 6.03 Å². The lowest BCUT2D eigenvalue weighted by molar-refractivity contribution is -0.0520. The second-order valence-corrected chi connectivity index (χ2v) is 5.02. The zero-order valence-corrected chi connectivity index (χ0v) is 11.4. The third-order valence-corrected chi connectivity index (χ3v) is 3.72. The van der Waals surface area contributed by atoms with Gasteiger partial charge in [-0.1, -0.05) is 0 Å². The van der Waals surface area contributed by atoms with Crippen LogP contribution in [-0.4, -0.2) is 67.1 Å². The van der Waals surface area contributed by atoms with E-state index in [-0.39, 0.29) is 11.5 Å². The van der Waals surface area contributed by atoms with Gasteiger partial charge in [0.05, 0.1) is 12.9 Å². The number of imidazole rings is 1. The molecule has 1 aromatic rings. The molecule has 0 spiro atoms. The van der Waals surface area contributed by atoms with Crippen molar-refractivity contribution in [2.75, 3.05) is 6.61 Å². The summed E-state index contributed by atoms with van der Waals surface area (Å²) in [6.07, 6.45) is -2.83. The molecule has 1 aromatic heterocycles. The number of urea groups is 1. The topological polar surface area (TPSA) is 172 Å². The van der Waals surface area contributed by atoms with Crippen molar-refractivity contribution >= 4 is 18.2 Å². The molecule has 1 fully saturated rings. The molecule has 7 N–H and O–H groups in total. The Bertz CT molecular complexity index is 618. The Hall–Kier alpha value is -2.05. The minimum atomic E-state index is -1.27. The third-order valence-electron chi connectivity index (χ3n) is 3.72. The Balaban J connectivity index is 1.94. The molecule has 0 saturated carbocycles. The first-order chi connectivity index (χ1) is 10.5. The van der Waals surface area contributed by atoms with Crippen molar-refractivity contribution in [3.05, 3.63) is 12.0 Å². The molecule has 3 rings (SSSR count). The number of hydrogen-bond acceptors (Lipinski definition) is 8. The van der Waals surface area contributed by atoms with Gasteiger partial charge < -0.3 is 31.5 Å². The highest BCUT2D eigenvalue weighted by Gasteiger charge is 2.45. The summed E-state index contributed by atoms with van der Waals surface area (Å²) in [5.41, 5.74) is 11.3. The number of carbonyl (C=O) groups excluding carboxylic acids is 1. The number of carbonyl (C=O) groups is 1. The zero-order valence-electron chi connectivity index (χ0n) is 11.4. The summed E-state index contributed by atoms with van der Waals surface area (Å²) < 4.78 is 6.79. The van der Waals surface area contributed by atoms with E-state index >= 15 is 0 Å². The van der Waals surface area contributed by atoms with Gasteiger partial charge in [0, 0.05) is 0 Å². The van der Waals surface area contributed by atoms with Gasteiger partial charge in [-0.2, -0.15) is 0 Å². The van der Waals surface area contributed by atoms with E-state index in [2.05, 4.69) is 9.98 Å². The first-order valence-corrected chi connectivity index (χ1v) is 6.52. The third kappa shape index (κ3) is 2.07. The average Bonchev–Trinajstić information content (AvgIpc) is 3.02. The Kier molecular flexibility index (Phi) is 3.58. The molecular formula is C11H16N6O5. The molecule has 3 unspecified atom stereocenters. The number of aliphatic hydroxyl groups is 3. The van der Waals surface area contributed by atoms with Gasteiger partial charge in [-0.15, -0.1) is 0 Å². The van der Waals surface area contributed by atoms with Crippen molar-refractivity contribution in [1.82, 2.24) is 14.5 Å². The van der Waals surface area contributed by atoms with E-state index in [0.717, 1.165) is 11.2 Å². The van der Waals surface area contributed by atoms with Gasteiger partial charge in [-0.05, 0) is 0 Å². The number of nitrogens with two attached hydrogens (primary N) is 2. The van der Waals surface area contributed by atoms with Gasteiger partial charge in [-0.25, -0.2) is 14.8 Å². The zero-order chi connectivity index (χ0) is 16.0. The van der Waals surface area contributed by atoms with Crippen LogP contribution >= 0.6 is 0 Å². The van der Waals surface area contributed by atoms with E-state index in [1.165, 1.54) is 10.9 Å². The highest BCUT2D eigenvalue weighted by molar-refractivity contribution is 5.87. The van der Waals surface area contributed by atoms with Crippen LogP contribution in [0.2, 0.25) is 0 Å². The summed E-state index contributed by atoms with van der Waals surface area (Å²) in [6, 6.07) is -0.774. The van der Waals surface area contributed by atoms with E-state index in [9.17, 15) is 15.0 Å². The van der Waals surface area contributed by atoms with Crippen LogP contribution in [0.1, 0.15) is 18.1 Å². The fourth-order valence-corrected chi connectivity index (χ4v) is 2.52. The molecule has 0 radical (unpaired) electrons. The van der Waals surface area contributed by atoms with E-state index < -0.39 is 43.3 Å². The second kappa shape index (κ2) is 5.30.